The van der Waals surface area contributed by atoms with E-state index in [1.165, 1.54) is 0 Å². The molecule has 0 aliphatic rings. The fraction of sp³-hybridized carbons (Fsp3) is 0.562. The fourth-order valence-corrected chi connectivity index (χ4v) is 1.61. The monoisotopic (exact) mass is 279 g/mol. The average Bonchev–Trinajstić information content (AvgIpc) is 2.43. The van der Waals surface area contributed by atoms with Gasteiger partial charge in [-0.25, -0.2) is 0 Å². The summed E-state index contributed by atoms with van der Waals surface area (Å²) in [5.74, 6) is 1.15. The zero-order valence-corrected chi connectivity index (χ0v) is 12.6. The molecule has 1 rings (SSSR count). The van der Waals surface area contributed by atoms with Crippen molar-refractivity contribution in [1.29, 1.82) is 0 Å². The van der Waals surface area contributed by atoms with E-state index in [1.54, 1.807) is 6.92 Å². The van der Waals surface area contributed by atoms with Crippen molar-refractivity contribution in [2.45, 2.75) is 33.3 Å². The molecule has 0 radical (unpaired) electrons. The second kappa shape index (κ2) is 9.37. The van der Waals surface area contributed by atoms with Gasteiger partial charge in [-0.05, 0) is 31.4 Å². The Hall–Kier alpha value is -1.55. The molecule has 112 valence electrons. The molecule has 1 aromatic carbocycles. The minimum atomic E-state index is -0.492. The molecule has 0 aliphatic heterocycles. The van der Waals surface area contributed by atoms with E-state index in [-0.39, 0.29) is 5.91 Å². The van der Waals surface area contributed by atoms with Gasteiger partial charge < -0.3 is 14.8 Å². The van der Waals surface area contributed by atoms with Gasteiger partial charge in [0.05, 0.1) is 0 Å². The van der Waals surface area contributed by atoms with E-state index >= 15 is 0 Å². The predicted molar refractivity (Wildman–Crippen MR) is 79.8 cm³/mol. The number of nitrogens with one attached hydrogen (secondary N) is 1. The Kier molecular flexibility index (Phi) is 7.73. The van der Waals surface area contributed by atoms with Crippen LogP contribution in [0.1, 0.15) is 27.2 Å². The number of rotatable bonds is 9. The number of amides is 1. The molecular formula is C16H25NO3. The van der Waals surface area contributed by atoms with Crippen LogP contribution in [-0.4, -0.2) is 31.8 Å². The first-order chi connectivity index (χ1) is 9.59. The molecule has 0 heterocycles. The Morgan fingerprint density at radius 1 is 1.20 bits per heavy atom. The highest BCUT2D eigenvalue weighted by molar-refractivity contribution is 5.80. The SMILES string of the molecule is CC(C)COCCCNC(=O)C(C)Oc1ccccc1. The van der Waals surface area contributed by atoms with Crippen molar-refractivity contribution in [2.75, 3.05) is 19.8 Å². The van der Waals surface area contributed by atoms with E-state index < -0.39 is 6.10 Å². The molecule has 0 aromatic heterocycles. The van der Waals surface area contributed by atoms with Crippen molar-refractivity contribution in [1.82, 2.24) is 5.32 Å². The van der Waals surface area contributed by atoms with Crippen LogP contribution in [0.3, 0.4) is 0 Å². The Labute approximate surface area is 121 Å². The van der Waals surface area contributed by atoms with Crippen molar-refractivity contribution >= 4 is 5.91 Å². The lowest BCUT2D eigenvalue weighted by Gasteiger charge is -2.14. The van der Waals surface area contributed by atoms with Gasteiger partial charge >= 0.3 is 0 Å². The third-order valence-electron chi connectivity index (χ3n) is 2.64. The highest BCUT2D eigenvalue weighted by Crippen LogP contribution is 2.10. The highest BCUT2D eigenvalue weighted by Gasteiger charge is 2.13. The second-order valence-electron chi connectivity index (χ2n) is 5.19. The van der Waals surface area contributed by atoms with Crippen molar-refractivity contribution in [3.05, 3.63) is 30.3 Å². The zero-order chi connectivity index (χ0) is 14.8. The van der Waals surface area contributed by atoms with Gasteiger partial charge in [-0.15, -0.1) is 0 Å². The van der Waals surface area contributed by atoms with Crippen molar-refractivity contribution in [2.24, 2.45) is 5.92 Å². The van der Waals surface area contributed by atoms with Crippen LogP contribution in [0, 0.1) is 5.92 Å². The first kappa shape index (κ1) is 16.5. The van der Waals surface area contributed by atoms with Gasteiger partial charge in [0, 0.05) is 19.8 Å². The Morgan fingerprint density at radius 2 is 1.90 bits per heavy atom. The van der Waals surface area contributed by atoms with E-state index in [4.69, 9.17) is 9.47 Å². The molecule has 0 bridgehead atoms. The standard InChI is InChI=1S/C16H25NO3/c1-13(2)12-19-11-7-10-17-16(18)14(3)20-15-8-5-4-6-9-15/h4-6,8-9,13-14H,7,10-12H2,1-3H3,(H,17,18). The largest absolute Gasteiger partial charge is 0.481 e. The summed E-state index contributed by atoms with van der Waals surface area (Å²) in [6, 6.07) is 9.35. The van der Waals surface area contributed by atoms with Crippen LogP contribution in [0.4, 0.5) is 0 Å². The summed E-state index contributed by atoms with van der Waals surface area (Å²) in [7, 11) is 0. The lowest BCUT2D eigenvalue weighted by molar-refractivity contribution is -0.127. The molecule has 0 saturated heterocycles. The number of hydrogen-bond acceptors (Lipinski definition) is 3. The summed E-state index contributed by atoms with van der Waals surface area (Å²) < 4.78 is 11.0. The molecule has 1 unspecified atom stereocenters. The predicted octanol–water partition coefficient (Wildman–Crippen LogP) is 2.63. The number of hydrogen-bond donors (Lipinski definition) is 1. The van der Waals surface area contributed by atoms with Crippen molar-refractivity contribution in [3.63, 3.8) is 0 Å². The van der Waals surface area contributed by atoms with Gasteiger partial charge in [0.2, 0.25) is 0 Å². The minimum Gasteiger partial charge on any atom is -0.481 e. The maximum absolute atomic E-state index is 11.8. The van der Waals surface area contributed by atoms with Crippen LogP contribution in [0.2, 0.25) is 0 Å². The fourth-order valence-electron chi connectivity index (χ4n) is 1.61. The normalized spacial score (nSPS) is 12.2. The molecular weight excluding hydrogens is 254 g/mol. The van der Waals surface area contributed by atoms with Crippen LogP contribution in [0.5, 0.6) is 5.75 Å². The first-order valence-corrected chi connectivity index (χ1v) is 7.16. The minimum absolute atomic E-state index is 0.0993. The van der Waals surface area contributed by atoms with Crippen LogP contribution in [0.15, 0.2) is 30.3 Å². The van der Waals surface area contributed by atoms with Gasteiger partial charge in [0.25, 0.3) is 5.91 Å². The van der Waals surface area contributed by atoms with Gasteiger partial charge in [0.15, 0.2) is 6.10 Å². The Morgan fingerprint density at radius 3 is 2.55 bits per heavy atom. The average molecular weight is 279 g/mol. The first-order valence-electron chi connectivity index (χ1n) is 7.16. The van der Waals surface area contributed by atoms with E-state index in [9.17, 15) is 4.79 Å². The maximum Gasteiger partial charge on any atom is 0.260 e. The number of para-hydroxylation sites is 1. The van der Waals surface area contributed by atoms with Crippen LogP contribution < -0.4 is 10.1 Å². The van der Waals surface area contributed by atoms with Crippen LogP contribution in [0.25, 0.3) is 0 Å². The summed E-state index contributed by atoms with van der Waals surface area (Å²) >= 11 is 0. The molecule has 0 spiro atoms. The number of ether oxygens (including phenoxy) is 2. The smallest absolute Gasteiger partial charge is 0.260 e. The Bertz CT molecular complexity index is 379. The summed E-state index contributed by atoms with van der Waals surface area (Å²) in [6.45, 7) is 8.03. The molecule has 0 fully saturated rings. The molecule has 4 nitrogen and oxygen atoms in total. The quantitative estimate of drug-likeness (QED) is 0.707. The molecule has 1 atom stereocenters. The van der Waals surface area contributed by atoms with Crippen LogP contribution >= 0.6 is 0 Å². The van der Waals surface area contributed by atoms with Gasteiger partial charge in [-0.1, -0.05) is 32.0 Å². The number of benzene rings is 1. The molecule has 1 aromatic rings. The van der Waals surface area contributed by atoms with Crippen LogP contribution in [-0.2, 0) is 9.53 Å². The van der Waals surface area contributed by atoms with E-state index in [2.05, 4.69) is 19.2 Å². The molecule has 1 amide bonds. The summed E-state index contributed by atoms with van der Waals surface area (Å²) in [5.41, 5.74) is 0. The molecule has 20 heavy (non-hydrogen) atoms. The Balaban J connectivity index is 2.13. The summed E-state index contributed by atoms with van der Waals surface area (Å²) in [5, 5.41) is 2.85. The molecule has 0 saturated carbocycles. The molecule has 4 heteroatoms. The van der Waals surface area contributed by atoms with Gasteiger partial charge in [-0.3, -0.25) is 4.79 Å². The highest BCUT2D eigenvalue weighted by atomic mass is 16.5. The van der Waals surface area contributed by atoms with E-state index in [0.717, 1.165) is 13.0 Å². The van der Waals surface area contributed by atoms with Crippen molar-refractivity contribution in [3.8, 4) is 5.75 Å². The van der Waals surface area contributed by atoms with Gasteiger partial charge in [-0.2, -0.15) is 0 Å². The summed E-state index contributed by atoms with van der Waals surface area (Å²) in [4.78, 5) is 11.8. The lowest BCUT2D eigenvalue weighted by Crippen LogP contribution is -2.37. The lowest BCUT2D eigenvalue weighted by atomic mass is 10.2. The summed E-state index contributed by atoms with van der Waals surface area (Å²) in [6.07, 6.45) is 0.324. The third kappa shape index (κ3) is 7.14. The number of carbonyl (C=O) groups is 1. The molecule has 0 aliphatic carbocycles. The topological polar surface area (TPSA) is 47.6 Å². The maximum atomic E-state index is 11.8. The van der Waals surface area contributed by atoms with Gasteiger partial charge in [0.1, 0.15) is 5.75 Å². The van der Waals surface area contributed by atoms with E-state index in [1.807, 2.05) is 30.3 Å². The second-order valence-corrected chi connectivity index (χ2v) is 5.19. The number of carbonyl (C=O) groups excluding carboxylic acids is 1. The van der Waals surface area contributed by atoms with E-state index in [0.29, 0.717) is 24.8 Å². The van der Waals surface area contributed by atoms with Crippen molar-refractivity contribution < 1.29 is 14.3 Å². The third-order valence-corrected chi connectivity index (χ3v) is 2.64. The zero-order valence-electron chi connectivity index (χ0n) is 12.6. The molecule has 1 N–H and O–H groups in total.